The molecule has 3 nitrogen and oxygen atoms in total. The Morgan fingerprint density at radius 1 is 1.18 bits per heavy atom. The molecule has 0 unspecified atom stereocenters. The van der Waals surface area contributed by atoms with E-state index in [1.54, 1.807) is 29.0 Å². The lowest BCUT2D eigenvalue weighted by molar-refractivity contribution is 0.916. The van der Waals surface area contributed by atoms with Gasteiger partial charge in [-0.1, -0.05) is 6.07 Å². The van der Waals surface area contributed by atoms with Crippen molar-refractivity contribution in [3.05, 3.63) is 40.2 Å². The third kappa shape index (κ3) is 2.03. The fraction of sp³-hybridized carbons (Fsp3) is 0.167. The zero-order valence-corrected chi connectivity index (χ0v) is 11.0. The highest BCUT2D eigenvalue weighted by Gasteiger charge is 2.10. The van der Waals surface area contributed by atoms with Crippen molar-refractivity contribution in [2.45, 2.75) is 6.54 Å². The van der Waals surface area contributed by atoms with Gasteiger partial charge in [-0.05, 0) is 22.9 Å². The van der Waals surface area contributed by atoms with E-state index < -0.39 is 0 Å². The molecule has 0 fully saturated rings. The van der Waals surface area contributed by atoms with Gasteiger partial charge >= 0.3 is 0 Å². The number of fused-ring (bicyclic) bond motifs is 1. The highest BCUT2D eigenvalue weighted by Crippen LogP contribution is 2.28. The Hall–Kier alpha value is -1.46. The minimum absolute atomic E-state index is 0.891. The smallest absolute Gasteiger partial charge is 0.150 e. The van der Waals surface area contributed by atoms with Gasteiger partial charge in [0.05, 0.1) is 16.8 Å². The maximum atomic E-state index is 4.39. The van der Waals surface area contributed by atoms with Crippen LogP contribution >= 0.6 is 22.7 Å². The Kier molecular flexibility index (Phi) is 2.78. The van der Waals surface area contributed by atoms with Crippen LogP contribution in [-0.4, -0.2) is 17.0 Å². The molecular formula is C12H11N3S2. The van der Waals surface area contributed by atoms with Crippen molar-refractivity contribution in [1.29, 1.82) is 0 Å². The highest BCUT2D eigenvalue weighted by molar-refractivity contribution is 7.17. The van der Waals surface area contributed by atoms with Gasteiger partial charge in [-0.15, -0.1) is 22.7 Å². The standard InChI is InChI=1S/C12H11N3S2/c1-15(7-9-3-2-5-16-9)12-11-10(4-6-17-11)13-8-14-12/h2-6,8H,7H2,1H3. The molecule has 0 atom stereocenters. The summed E-state index contributed by atoms with van der Waals surface area (Å²) in [7, 11) is 2.07. The van der Waals surface area contributed by atoms with Crippen LogP contribution in [0, 0.1) is 0 Å². The lowest BCUT2D eigenvalue weighted by Crippen LogP contribution is -2.17. The van der Waals surface area contributed by atoms with E-state index in [2.05, 4.69) is 44.8 Å². The molecule has 0 amide bonds. The molecule has 0 saturated carbocycles. The Morgan fingerprint density at radius 3 is 2.94 bits per heavy atom. The second-order valence-corrected chi connectivity index (χ2v) is 5.72. The molecule has 3 rings (SSSR count). The number of hydrogen-bond donors (Lipinski definition) is 0. The second kappa shape index (κ2) is 4.43. The largest absolute Gasteiger partial charge is 0.353 e. The van der Waals surface area contributed by atoms with Crippen molar-refractivity contribution < 1.29 is 0 Å². The minimum Gasteiger partial charge on any atom is -0.353 e. The van der Waals surface area contributed by atoms with Gasteiger partial charge in [-0.3, -0.25) is 0 Å². The van der Waals surface area contributed by atoms with Crippen molar-refractivity contribution in [1.82, 2.24) is 9.97 Å². The van der Waals surface area contributed by atoms with Crippen molar-refractivity contribution in [2.75, 3.05) is 11.9 Å². The average molecular weight is 261 g/mol. The van der Waals surface area contributed by atoms with E-state index in [-0.39, 0.29) is 0 Å². The third-order valence-corrected chi connectivity index (χ3v) is 4.32. The molecule has 3 aromatic heterocycles. The van der Waals surface area contributed by atoms with Crippen LogP contribution in [0.2, 0.25) is 0 Å². The molecule has 0 spiro atoms. The van der Waals surface area contributed by atoms with E-state index in [4.69, 9.17) is 0 Å². The van der Waals surface area contributed by atoms with E-state index in [1.807, 2.05) is 6.07 Å². The molecule has 0 N–H and O–H groups in total. The summed E-state index contributed by atoms with van der Waals surface area (Å²) in [5.74, 6) is 1.01. The highest BCUT2D eigenvalue weighted by atomic mass is 32.1. The van der Waals surface area contributed by atoms with Gasteiger partial charge in [0.2, 0.25) is 0 Å². The van der Waals surface area contributed by atoms with E-state index >= 15 is 0 Å². The first-order valence-corrected chi connectivity index (χ1v) is 7.02. The summed E-state index contributed by atoms with van der Waals surface area (Å²) < 4.78 is 1.16. The summed E-state index contributed by atoms with van der Waals surface area (Å²) in [6, 6.07) is 6.26. The molecular weight excluding hydrogens is 250 g/mol. The molecule has 86 valence electrons. The maximum Gasteiger partial charge on any atom is 0.150 e. The van der Waals surface area contributed by atoms with Crippen LogP contribution in [0.5, 0.6) is 0 Å². The number of thiophene rings is 2. The van der Waals surface area contributed by atoms with Crippen LogP contribution in [0.1, 0.15) is 4.88 Å². The fourth-order valence-electron chi connectivity index (χ4n) is 1.76. The molecule has 0 saturated heterocycles. The molecule has 0 aliphatic heterocycles. The van der Waals surface area contributed by atoms with Gasteiger partial charge in [0.15, 0.2) is 0 Å². The van der Waals surface area contributed by atoms with Gasteiger partial charge < -0.3 is 4.90 Å². The summed E-state index contributed by atoms with van der Waals surface area (Å²) in [6.45, 7) is 0.891. The fourth-order valence-corrected chi connectivity index (χ4v) is 3.40. The Labute approximate surface area is 107 Å². The zero-order chi connectivity index (χ0) is 11.7. The van der Waals surface area contributed by atoms with Gasteiger partial charge in [-0.25, -0.2) is 9.97 Å². The molecule has 0 radical (unpaired) electrons. The molecule has 5 heteroatoms. The van der Waals surface area contributed by atoms with Crippen LogP contribution in [0.3, 0.4) is 0 Å². The second-order valence-electron chi connectivity index (χ2n) is 3.77. The zero-order valence-electron chi connectivity index (χ0n) is 9.33. The van der Waals surface area contributed by atoms with E-state index in [0.29, 0.717) is 0 Å². The number of anilines is 1. The molecule has 0 bridgehead atoms. The first kappa shape index (κ1) is 10.7. The average Bonchev–Trinajstić information content (AvgIpc) is 2.97. The summed E-state index contributed by atoms with van der Waals surface area (Å²) in [4.78, 5) is 12.2. The summed E-state index contributed by atoms with van der Waals surface area (Å²) in [6.07, 6.45) is 1.63. The van der Waals surface area contributed by atoms with Crippen molar-refractivity contribution in [3.8, 4) is 0 Å². The van der Waals surface area contributed by atoms with Crippen LogP contribution in [0.25, 0.3) is 10.2 Å². The number of hydrogen-bond acceptors (Lipinski definition) is 5. The molecule has 17 heavy (non-hydrogen) atoms. The molecule has 0 aliphatic carbocycles. The lowest BCUT2D eigenvalue weighted by atomic mass is 10.4. The van der Waals surface area contributed by atoms with Crippen molar-refractivity contribution in [3.63, 3.8) is 0 Å². The van der Waals surface area contributed by atoms with E-state index in [9.17, 15) is 0 Å². The predicted molar refractivity (Wildman–Crippen MR) is 73.8 cm³/mol. The van der Waals surface area contributed by atoms with Crippen LogP contribution < -0.4 is 4.90 Å². The SMILES string of the molecule is CN(Cc1cccs1)c1ncnc2ccsc12. The van der Waals surface area contributed by atoms with Gasteiger partial charge in [-0.2, -0.15) is 0 Å². The van der Waals surface area contributed by atoms with Gasteiger partial charge in [0, 0.05) is 11.9 Å². The predicted octanol–water partition coefficient (Wildman–Crippen LogP) is 3.39. The summed E-state index contributed by atoms with van der Waals surface area (Å²) >= 11 is 3.46. The normalized spacial score (nSPS) is 10.9. The quantitative estimate of drug-likeness (QED) is 0.723. The monoisotopic (exact) mass is 261 g/mol. The summed E-state index contributed by atoms with van der Waals surface area (Å²) in [5, 5.41) is 4.16. The van der Waals surface area contributed by atoms with Crippen molar-refractivity contribution >= 4 is 38.7 Å². The number of nitrogens with zero attached hydrogens (tertiary/aromatic N) is 3. The van der Waals surface area contributed by atoms with Crippen LogP contribution in [-0.2, 0) is 6.54 Å². The molecule has 3 aromatic rings. The first-order valence-electron chi connectivity index (χ1n) is 5.26. The van der Waals surface area contributed by atoms with Crippen LogP contribution in [0.15, 0.2) is 35.3 Å². The first-order chi connectivity index (χ1) is 8.34. The summed E-state index contributed by atoms with van der Waals surface area (Å²) in [5.41, 5.74) is 1.03. The number of aromatic nitrogens is 2. The third-order valence-electron chi connectivity index (χ3n) is 2.56. The Bertz CT molecular complexity index is 616. The maximum absolute atomic E-state index is 4.39. The van der Waals surface area contributed by atoms with Crippen LogP contribution in [0.4, 0.5) is 5.82 Å². The van der Waals surface area contributed by atoms with Gasteiger partial charge in [0.1, 0.15) is 12.1 Å². The Balaban J connectivity index is 1.95. The molecule has 0 aliphatic rings. The topological polar surface area (TPSA) is 29.0 Å². The number of rotatable bonds is 3. The molecule has 0 aromatic carbocycles. The lowest BCUT2D eigenvalue weighted by Gasteiger charge is -2.17. The minimum atomic E-state index is 0.891. The van der Waals surface area contributed by atoms with Crippen molar-refractivity contribution in [2.24, 2.45) is 0 Å². The molecule has 3 heterocycles. The Morgan fingerprint density at radius 2 is 2.12 bits per heavy atom. The van der Waals surface area contributed by atoms with Gasteiger partial charge in [0.25, 0.3) is 0 Å². The van der Waals surface area contributed by atoms with E-state index in [0.717, 1.165) is 22.6 Å². The van der Waals surface area contributed by atoms with E-state index in [1.165, 1.54) is 4.88 Å².